The van der Waals surface area contributed by atoms with Crippen LogP contribution in [0.2, 0.25) is 0 Å². The smallest absolute Gasteiger partial charge is 0.264 e. The molecule has 0 radical (unpaired) electrons. The molecule has 1 N–H and O–H groups in total. The van der Waals surface area contributed by atoms with E-state index in [9.17, 15) is 9.18 Å². The lowest BCUT2D eigenvalue weighted by Gasteiger charge is -2.11. The summed E-state index contributed by atoms with van der Waals surface area (Å²) in [5.41, 5.74) is 1.27. The highest BCUT2D eigenvalue weighted by atomic mass is 79.9. The second kappa shape index (κ2) is 8.95. The van der Waals surface area contributed by atoms with Gasteiger partial charge < -0.3 is 14.8 Å². The number of ether oxygens (including phenoxy) is 2. The van der Waals surface area contributed by atoms with Crippen molar-refractivity contribution in [2.45, 2.75) is 0 Å². The molecule has 1 aliphatic rings. The Hall–Kier alpha value is -2.76. The number of nitrogens with zero attached hydrogens (tertiary/aromatic N) is 1. The number of nitrogens with one attached hydrogen (secondary N) is 1. The van der Waals surface area contributed by atoms with E-state index in [1.807, 2.05) is 0 Å². The number of methoxy groups -OCH3 is 1. The lowest BCUT2D eigenvalue weighted by Crippen LogP contribution is -2.19. The third kappa shape index (κ3) is 4.74. The summed E-state index contributed by atoms with van der Waals surface area (Å²) in [6, 6.07) is 9.16. The van der Waals surface area contributed by atoms with Crippen molar-refractivity contribution >= 4 is 50.5 Å². The Morgan fingerprint density at radius 1 is 1.32 bits per heavy atom. The Morgan fingerprint density at radius 3 is 2.75 bits per heavy atom. The van der Waals surface area contributed by atoms with Crippen LogP contribution in [0.3, 0.4) is 0 Å². The van der Waals surface area contributed by atoms with Crippen molar-refractivity contribution in [2.75, 3.05) is 13.7 Å². The molecule has 2 aromatic carbocycles. The van der Waals surface area contributed by atoms with Gasteiger partial charge in [-0.05, 0) is 59.8 Å². The van der Waals surface area contributed by atoms with Crippen LogP contribution in [0, 0.1) is 18.2 Å². The number of amides is 1. The van der Waals surface area contributed by atoms with Crippen molar-refractivity contribution in [3.63, 3.8) is 0 Å². The van der Waals surface area contributed by atoms with E-state index < -0.39 is 0 Å². The molecular formula is C20H14BrFN2O3S. The van der Waals surface area contributed by atoms with Crippen molar-refractivity contribution in [1.29, 1.82) is 0 Å². The number of hydrogen-bond acceptors (Lipinski definition) is 5. The van der Waals surface area contributed by atoms with Crippen LogP contribution in [0.5, 0.6) is 11.5 Å². The first-order chi connectivity index (χ1) is 13.5. The zero-order chi connectivity index (χ0) is 20.1. The first kappa shape index (κ1) is 20.0. The second-order valence-electron chi connectivity index (χ2n) is 5.48. The van der Waals surface area contributed by atoms with Crippen molar-refractivity contribution < 1.29 is 18.7 Å². The van der Waals surface area contributed by atoms with E-state index >= 15 is 0 Å². The summed E-state index contributed by atoms with van der Waals surface area (Å²) in [6.45, 7) is 0.116. The zero-order valence-electron chi connectivity index (χ0n) is 14.7. The minimum atomic E-state index is -0.346. The van der Waals surface area contributed by atoms with Gasteiger partial charge in [0.25, 0.3) is 5.91 Å². The maximum absolute atomic E-state index is 13.0. The molecule has 1 aliphatic heterocycles. The van der Waals surface area contributed by atoms with Crippen LogP contribution in [0.4, 0.5) is 10.1 Å². The van der Waals surface area contributed by atoms with Crippen LogP contribution in [0.25, 0.3) is 6.08 Å². The van der Waals surface area contributed by atoms with Gasteiger partial charge in [0.2, 0.25) is 0 Å². The molecule has 1 heterocycles. The average Bonchev–Trinajstić information content (AvgIpc) is 3.02. The molecule has 0 unspecified atom stereocenters. The zero-order valence-corrected chi connectivity index (χ0v) is 17.1. The first-order valence-corrected chi connectivity index (χ1v) is 9.60. The molecule has 0 bridgehead atoms. The fourth-order valence-corrected chi connectivity index (χ4v) is 3.58. The van der Waals surface area contributed by atoms with Crippen molar-refractivity contribution in [3.05, 3.63) is 57.2 Å². The van der Waals surface area contributed by atoms with E-state index in [1.165, 1.54) is 43.1 Å². The Labute approximate surface area is 174 Å². The van der Waals surface area contributed by atoms with Gasteiger partial charge in [0.05, 0.1) is 17.7 Å². The molecule has 1 saturated heterocycles. The summed E-state index contributed by atoms with van der Waals surface area (Å²) in [6.07, 6.45) is 6.93. The predicted octanol–water partition coefficient (Wildman–Crippen LogP) is 4.50. The molecule has 1 fully saturated rings. The Kier molecular flexibility index (Phi) is 6.39. The number of carbonyl (C=O) groups excluding carboxylic acids is 1. The van der Waals surface area contributed by atoms with Gasteiger partial charge in [-0.3, -0.25) is 4.79 Å². The SMILES string of the molecule is C#CCOc1cc(Br)c(/C=C2/SC(=Nc3ccc(F)cc3)NC2=O)cc1OC. The van der Waals surface area contributed by atoms with Gasteiger partial charge in [0.15, 0.2) is 16.7 Å². The molecule has 28 heavy (non-hydrogen) atoms. The highest BCUT2D eigenvalue weighted by molar-refractivity contribution is 9.10. The predicted molar refractivity (Wildman–Crippen MR) is 112 cm³/mol. The maximum Gasteiger partial charge on any atom is 0.264 e. The van der Waals surface area contributed by atoms with Crippen LogP contribution in [0.1, 0.15) is 5.56 Å². The van der Waals surface area contributed by atoms with Crippen LogP contribution >= 0.6 is 27.7 Å². The maximum atomic E-state index is 13.0. The molecule has 0 saturated carbocycles. The molecule has 1 amide bonds. The normalized spacial score (nSPS) is 16.1. The number of benzene rings is 2. The number of thioether (sulfide) groups is 1. The molecule has 3 rings (SSSR count). The third-order valence-corrected chi connectivity index (χ3v) is 5.19. The molecule has 2 aromatic rings. The number of amidine groups is 1. The lowest BCUT2D eigenvalue weighted by atomic mass is 10.2. The molecule has 0 spiro atoms. The highest BCUT2D eigenvalue weighted by Gasteiger charge is 2.24. The molecule has 0 aliphatic carbocycles. The fraction of sp³-hybridized carbons (Fsp3) is 0.100. The van der Waals surface area contributed by atoms with Gasteiger partial charge in [-0.15, -0.1) is 6.42 Å². The first-order valence-electron chi connectivity index (χ1n) is 7.99. The standard InChI is InChI=1S/C20H14BrFN2O3S/c1-3-8-27-17-11-15(21)12(9-16(17)26-2)10-18-19(25)24-20(28-18)23-14-6-4-13(22)5-7-14/h1,4-7,9-11H,8H2,2H3,(H,23,24,25)/b18-10+. The van der Waals surface area contributed by atoms with Gasteiger partial charge in [-0.2, -0.15) is 0 Å². The highest BCUT2D eigenvalue weighted by Crippen LogP contribution is 2.36. The van der Waals surface area contributed by atoms with Crippen LogP contribution < -0.4 is 14.8 Å². The van der Waals surface area contributed by atoms with E-state index in [0.29, 0.717) is 31.7 Å². The molecular weight excluding hydrogens is 447 g/mol. The van der Waals surface area contributed by atoms with E-state index in [4.69, 9.17) is 15.9 Å². The Bertz CT molecular complexity index is 1010. The number of aliphatic imine (C=N–C) groups is 1. The minimum Gasteiger partial charge on any atom is -0.493 e. The number of terminal acetylenes is 1. The van der Waals surface area contributed by atoms with Crippen LogP contribution in [0.15, 0.2) is 50.8 Å². The summed E-state index contributed by atoms with van der Waals surface area (Å²) in [7, 11) is 1.52. The number of rotatable bonds is 5. The van der Waals surface area contributed by atoms with Gasteiger partial charge >= 0.3 is 0 Å². The summed E-state index contributed by atoms with van der Waals surface area (Å²) in [5, 5.41) is 3.11. The van der Waals surface area contributed by atoms with E-state index in [2.05, 4.69) is 32.2 Å². The molecule has 8 heteroatoms. The second-order valence-corrected chi connectivity index (χ2v) is 7.36. The Balaban J connectivity index is 1.86. The number of carbonyl (C=O) groups is 1. The van der Waals surface area contributed by atoms with E-state index in [1.54, 1.807) is 18.2 Å². The summed E-state index contributed by atoms with van der Waals surface area (Å²) < 4.78 is 24.5. The average molecular weight is 461 g/mol. The van der Waals surface area contributed by atoms with Crippen molar-refractivity contribution in [1.82, 2.24) is 5.32 Å². The summed E-state index contributed by atoms with van der Waals surface area (Å²) in [4.78, 5) is 17.0. The molecule has 0 atom stereocenters. The van der Waals surface area contributed by atoms with Gasteiger partial charge in [-0.25, -0.2) is 9.38 Å². The van der Waals surface area contributed by atoms with Gasteiger partial charge in [-0.1, -0.05) is 21.9 Å². The summed E-state index contributed by atoms with van der Waals surface area (Å²) >= 11 is 4.66. The minimum absolute atomic E-state index is 0.116. The quantitative estimate of drug-likeness (QED) is 0.526. The summed E-state index contributed by atoms with van der Waals surface area (Å²) in [5.74, 6) is 2.77. The number of hydrogen-bond donors (Lipinski definition) is 1. The Morgan fingerprint density at radius 2 is 2.07 bits per heavy atom. The van der Waals surface area contributed by atoms with Gasteiger partial charge in [0.1, 0.15) is 12.4 Å². The van der Waals surface area contributed by atoms with E-state index in [0.717, 1.165) is 5.56 Å². The molecule has 142 valence electrons. The van der Waals surface area contributed by atoms with Gasteiger partial charge in [0, 0.05) is 4.47 Å². The lowest BCUT2D eigenvalue weighted by molar-refractivity contribution is -0.115. The monoisotopic (exact) mass is 460 g/mol. The topological polar surface area (TPSA) is 59.9 Å². The van der Waals surface area contributed by atoms with E-state index in [-0.39, 0.29) is 18.3 Å². The van der Waals surface area contributed by atoms with Crippen molar-refractivity contribution in [3.8, 4) is 23.8 Å². The fourth-order valence-electron chi connectivity index (χ4n) is 2.31. The molecule has 5 nitrogen and oxygen atoms in total. The largest absolute Gasteiger partial charge is 0.493 e. The molecule has 0 aromatic heterocycles. The van der Waals surface area contributed by atoms with Crippen LogP contribution in [-0.2, 0) is 4.79 Å². The van der Waals surface area contributed by atoms with Crippen LogP contribution in [-0.4, -0.2) is 24.8 Å². The number of halogens is 2. The third-order valence-electron chi connectivity index (χ3n) is 3.59. The van der Waals surface area contributed by atoms with Crippen molar-refractivity contribution in [2.24, 2.45) is 4.99 Å².